The third kappa shape index (κ3) is 6.15. The SMILES string of the molecule is CCCCCCCC(=O)Oc1ccc(C(=O)C=Cc2cccc3ccccc23)cc1. The average molecular weight is 401 g/mol. The van der Waals surface area contributed by atoms with E-state index in [-0.39, 0.29) is 11.8 Å². The predicted molar refractivity (Wildman–Crippen MR) is 123 cm³/mol. The van der Waals surface area contributed by atoms with E-state index in [9.17, 15) is 9.59 Å². The van der Waals surface area contributed by atoms with Gasteiger partial charge in [0.1, 0.15) is 5.75 Å². The van der Waals surface area contributed by atoms with Gasteiger partial charge in [0.2, 0.25) is 0 Å². The van der Waals surface area contributed by atoms with Crippen LogP contribution in [0.3, 0.4) is 0 Å². The standard InChI is InChI=1S/C27H28O3/c1-2-3-4-5-6-14-27(29)30-24-18-15-23(16-19-24)26(28)20-17-22-12-9-11-21-10-7-8-13-25(21)22/h7-13,15-20H,2-6,14H2,1H3. The summed E-state index contributed by atoms with van der Waals surface area (Å²) in [5.74, 6) is 0.168. The van der Waals surface area contributed by atoms with Gasteiger partial charge in [-0.3, -0.25) is 9.59 Å². The largest absolute Gasteiger partial charge is 0.427 e. The Hall–Kier alpha value is -3.20. The van der Waals surface area contributed by atoms with Crippen LogP contribution in [0, 0.1) is 0 Å². The lowest BCUT2D eigenvalue weighted by Gasteiger charge is -2.05. The van der Waals surface area contributed by atoms with Crippen molar-refractivity contribution in [2.24, 2.45) is 0 Å². The summed E-state index contributed by atoms with van der Waals surface area (Å²) in [5.41, 5.74) is 1.57. The minimum atomic E-state index is -0.221. The molecule has 0 aliphatic rings. The van der Waals surface area contributed by atoms with Crippen molar-refractivity contribution in [2.75, 3.05) is 0 Å². The lowest BCUT2D eigenvalue weighted by Crippen LogP contribution is -2.07. The van der Waals surface area contributed by atoms with Gasteiger partial charge in [-0.15, -0.1) is 0 Å². The molecule has 3 rings (SSSR count). The minimum Gasteiger partial charge on any atom is -0.427 e. The maximum atomic E-state index is 12.5. The second kappa shape index (κ2) is 11.1. The average Bonchev–Trinajstić information content (AvgIpc) is 2.78. The minimum absolute atomic E-state index is 0.0864. The Morgan fingerprint density at radius 3 is 2.37 bits per heavy atom. The number of ether oxygens (including phenoxy) is 1. The summed E-state index contributed by atoms with van der Waals surface area (Å²) in [6.45, 7) is 2.17. The topological polar surface area (TPSA) is 43.4 Å². The molecule has 0 saturated carbocycles. The number of allylic oxidation sites excluding steroid dienone is 1. The number of carbonyl (C=O) groups excluding carboxylic acids is 2. The molecule has 0 amide bonds. The molecule has 0 heterocycles. The molecule has 0 bridgehead atoms. The Morgan fingerprint density at radius 1 is 0.833 bits per heavy atom. The quantitative estimate of drug-likeness (QED) is 0.121. The summed E-state index contributed by atoms with van der Waals surface area (Å²) in [5, 5.41) is 2.25. The van der Waals surface area contributed by atoms with Gasteiger partial charge < -0.3 is 4.74 Å². The number of benzene rings is 3. The zero-order valence-corrected chi connectivity index (χ0v) is 17.5. The van der Waals surface area contributed by atoms with Crippen LogP contribution in [-0.2, 0) is 4.79 Å². The van der Waals surface area contributed by atoms with E-state index in [1.807, 2.05) is 36.4 Å². The normalized spacial score (nSPS) is 11.1. The monoisotopic (exact) mass is 400 g/mol. The van der Waals surface area contributed by atoms with E-state index >= 15 is 0 Å². The lowest BCUT2D eigenvalue weighted by atomic mass is 10.0. The zero-order valence-electron chi connectivity index (χ0n) is 17.5. The van der Waals surface area contributed by atoms with Crippen LogP contribution in [0.1, 0.15) is 61.4 Å². The van der Waals surface area contributed by atoms with Crippen molar-refractivity contribution in [2.45, 2.75) is 45.4 Å². The molecule has 0 unspecified atom stereocenters. The molecule has 154 valence electrons. The van der Waals surface area contributed by atoms with Crippen LogP contribution < -0.4 is 4.74 Å². The molecule has 3 aromatic rings. The van der Waals surface area contributed by atoms with Crippen molar-refractivity contribution in [3.8, 4) is 5.75 Å². The molecule has 0 aromatic heterocycles. The Kier molecular flexibility index (Phi) is 7.96. The summed E-state index contributed by atoms with van der Waals surface area (Å²) in [7, 11) is 0. The summed E-state index contributed by atoms with van der Waals surface area (Å²) in [6, 6.07) is 20.9. The molecule has 0 atom stereocenters. The summed E-state index contributed by atoms with van der Waals surface area (Å²) < 4.78 is 5.36. The summed E-state index contributed by atoms with van der Waals surface area (Å²) in [6.07, 6.45) is 9.32. The first kappa shape index (κ1) is 21.5. The Bertz CT molecular complexity index is 1010. The molecule has 0 fully saturated rings. The van der Waals surface area contributed by atoms with Crippen LogP contribution in [-0.4, -0.2) is 11.8 Å². The van der Waals surface area contributed by atoms with E-state index in [1.54, 1.807) is 30.3 Å². The van der Waals surface area contributed by atoms with Crippen LogP contribution in [0.4, 0.5) is 0 Å². The highest BCUT2D eigenvalue weighted by Gasteiger charge is 2.07. The number of ketones is 1. The number of rotatable bonds is 10. The number of esters is 1. The first-order chi connectivity index (χ1) is 14.7. The molecular formula is C27H28O3. The van der Waals surface area contributed by atoms with Crippen LogP contribution in [0.5, 0.6) is 5.75 Å². The second-order valence-corrected chi connectivity index (χ2v) is 7.43. The van der Waals surface area contributed by atoms with Gasteiger partial charge in [-0.05, 0) is 53.1 Å². The van der Waals surface area contributed by atoms with Gasteiger partial charge in [0.15, 0.2) is 5.78 Å². The maximum absolute atomic E-state index is 12.5. The van der Waals surface area contributed by atoms with Gasteiger partial charge in [-0.1, -0.05) is 81.1 Å². The summed E-state index contributed by atoms with van der Waals surface area (Å²) in [4.78, 5) is 24.5. The molecule has 0 spiro atoms. The number of unbranched alkanes of at least 4 members (excludes halogenated alkanes) is 4. The van der Waals surface area contributed by atoms with E-state index in [2.05, 4.69) is 19.1 Å². The third-order valence-corrected chi connectivity index (χ3v) is 5.09. The number of carbonyl (C=O) groups is 2. The van der Waals surface area contributed by atoms with Gasteiger partial charge in [0.05, 0.1) is 0 Å². The molecule has 0 aliphatic carbocycles. The Morgan fingerprint density at radius 2 is 1.57 bits per heavy atom. The summed E-state index contributed by atoms with van der Waals surface area (Å²) >= 11 is 0. The van der Waals surface area contributed by atoms with E-state index in [4.69, 9.17) is 4.74 Å². The zero-order chi connectivity index (χ0) is 21.2. The molecule has 3 aromatic carbocycles. The van der Waals surface area contributed by atoms with Crippen molar-refractivity contribution in [1.29, 1.82) is 0 Å². The van der Waals surface area contributed by atoms with Gasteiger partial charge >= 0.3 is 5.97 Å². The highest BCUT2D eigenvalue weighted by atomic mass is 16.5. The van der Waals surface area contributed by atoms with Gasteiger partial charge in [-0.2, -0.15) is 0 Å². The first-order valence-electron chi connectivity index (χ1n) is 10.7. The highest BCUT2D eigenvalue weighted by molar-refractivity contribution is 6.07. The molecular weight excluding hydrogens is 372 g/mol. The molecule has 30 heavy (non-hydrogen) atoms. The van der Waals surface area contributed by atoms with Crippen LogP contribution in [0.25, 0.3) is 16.8 Å². The second-order valence-electron chi connectivity index (χ2n) is 7.43. The number of fused-ring (bicyclic) bond motifs is 1. The fourth-order valence-corrected chi connectivity index (χ4v) is 3.40. The molecule has 0 radical (unpaired) electrons. The van der Waals surface area contributed by atoms with E-state index in [0.29, 0.717) is 17.7 Å². The van der Waals surface area contributed by atoms with Crippen molar-refractivity contribution in [3.63, 3.8) is 0 Å². The van der Waals surface area contributed by atoms with Crippen LogP contribution in [0.2, 0.25) is 0 Å². The van der Waals surface area contributed by atoms with E-state index < -0.39 is 0 Å². The fourth-order valence-electron chi connectivity index (χ4n) is 3.40. The molecule has 0 N–H and O–H groups in total. The first-order valence-corrected chi connectivity index (χ1v) is 10.7. The van der Waals surface area contributed by atoms with Crippen LogP contribution >= 0.6 is 0 Å². The maximum Gasteiger partial charge on any atom is 0.311 e. The van der Waals surface area contributed by atoms with Gasteiger partial charge in [-0.25, -0.2) is 0 Å². The molecule has 0 saturated heterocycles. The molecule has 3 nitrogen and oxygen atoms in total. The third-order valence-electron chi connectivity index (χ3n) is 5.09. The van der Waals surface area contributed by atoms with E-state index in [1.165, 1.54) is 12.8 Å². The van der Waals surface area contributed by atoms with Crippen molar-refractivity contribution < 1.29 is 14.3 Å². The van der Waals surface area contributed by atoms with E-state index in [0.717, 1.165) is 35.6 Å². The molecule has 3 heteroatoms. The highest BCUT2D eigenvalue weighted by Crippen LogP contribution is 2.20. The Labute approximate surface area is 178 Å². The van der Waals surface area contributed by atoms with Crippen molar-refractivity contribution in [3.05, 3.63) is 83.9 Å². The van der Waals surface area contributed by atoms with Crippen molar-refractivity contribution >= 4 is 28.6 Å². The van der Waals surface area contributed by atoms with Crippen LogP contribution in [0.15, 0.2) is 72.8 Å². The fraction of sp³-hybridized carbons (Fsp3) is 0.259. The predicted octanol–water partition coefficient (Wildman–Crippen LogP) is 7.00. The number of hydrogen-bond donors (Lipinski definition) is 0. The lowest BCUT2D eigenvalue weighted by molar-refractivity contribution is -0.134. The van der Waals surface area contributed by atoms with Crippen molar-refractivity contribution in [1.82, 2.24) is 0 Å². The van der Waals surface area contributed by atoms with Gasteiger partial charge in [0.25, 0.3) is 0 Å². The van der Waals surface area contributed by atoms with Gasteiger partial charge in [0, 0.05) is 12.0 Å². The Balaban J connectivity index is 1.56. The smallest absolute Gasteiger partial charge is 0.311 e. The number of hydrogen-bond acceptors (Lipinski definition) is 3. The molecule has 0 aliphatic heterocycles.